The van der Waals surface area contributed by atoms with Crippen molar-refractivity contribution in [2.75, 3.05) is 37.6 Å². The summed E-state index contributed by atoms with van der Waals surface area (Å²) in [4.78, 5) is 16.2. The summed E-state index contributed by atoms with van der Waals surface area (Å²) in [6.07, 6.45) is 4.07. The second kappa shape index (κ2) is 8.54. The number of amides is 1. The zero-order valence-corrected chi connectivity index (χ0v) is 13.6. The molecule has 1 aliphatic heterocycles. The molecule has 1 aromatic rings. The summed E-state index contributed by atoms with van der Waals surface area (Å²) in [5.41, 5.74) is 4.79. The van der Waals surface area contributed by atoms with E-state index in [9.17, 15) is 4.79 Å². The molecule has 1 aromatic carbocycles. The average Bonchev–Trinajstić information content (AvgIpc) is 3.03. The van der Waals surface area contributed by atoms with Crippen LogP contribution in [0.5, 0.6) is 0 Å². The Kier molecular flexibility index (Phi) is 6.40. The molecule has 1 saturated heterocycles. The van der Waals surface area contributed by atoms with Crippen molar-refractivity contribution in [1.29, 1.82) is 0 Å². The van der Waals surface area contributed by atoms with Crippen LogP contribution in [0, 0.1) is 0 Å². The lowest BCUT2D eigenvalue weighted by Crippen LogP contribution is -2.33. The van der Waals surface area contributed by atoms with Crippen molar-refractivity contribution in [3.63, 3.8) is 0 Å². The van der Waals surface area contributed by atoms with Crippen molar-refractivity contribution in [2.45, 2.75) is 26.7 Å². The lowest BCUT2D eigenvalue weighted by molar-refractivity contribution is -0.121. The molecule has 1 aliphatic rings. The van der Waals surface area contributed by atoms with E-state index in [0.717, 1.165) is 31.7 Å². The van der Waals surface area contributed by atoms with E-state index >= 15 is 0 Å². The third-order valence-electron chi connectivity index (χ3n) is 3.99. The fourth-order valence-electron chi connectivity index (χ4n) is 2.72. The highest BCUT2D eigenvalue weighted by atomic mass is 16.2. The number of carbonyl (C=O) groups excluding carboxylic acids is 1. The van der Waals surface area contributed by atoms with Crippen LogP contribution in [0.3, 0.4) is 0 Å². The van der Waals surface area contributed by atoms with Crippen LogP contribution >= 0.6 is 0 Å². The molecule has 0 aliphatic carbocycles. The summed E-state index contributed by atoms with van der Waals surface area (Å²) in [5.74, 6) is -0.0436. The second-order valence-corrected chi connectivity index (χ2v) is 5.54. The minimum atomic E-state index is -0.0436. The Labute approximate surface area is 133 Å². The van der Waals surface area contributed by atoms with E-state index in [4.69, 9.17) is 0 Å². The Morgan fingerprint density at radius 1 is 1.23 bits per heavy atom. The highest BCUT2D eigenvalue weighted by Crippen LogP contribution is 2.13. The lowest BCUT2D eigenvalue weighted by atomic mass is 10.2. The van der Waals surface area contributed by atoms with Crippen molar-refractivity contribution < 1.29 is 4.79 Å². The predicted octanol–water partition coefficient (Wildman–Crippen LogP) is 2.08. The molecule has 0 atom stereocenters. The van der Waals surface area contributed by atoms with Crippen molar-refractivity contribution >= 4 is 17.8 Å². The lowest BCUT2D eigenvalue weighted by Gasteiger charge is -2.20. The first-order chi connectivity index (χ1) is 10.7. The van der Waals surface area contributed by atoms with Gasteiger partial charge in [-0.25, -0.2) is 5.43 Å². The summed E-state index contributed by atoms with van der Waals surface area (Å²) in [6, 6.07) is 8.20. The molecule has 1 N–H and O–H groups in total. The summed E-state index contributed by atoms with van der Waals surface area (Å²) in [7, 11) is 0. The van der Waals surface area contributed by atoms with Gasteiger partial charge in [0.2, 0.25) is 0 Å². The molecule has 22 heavy (non-hydrogen) atoms. The number of carbonyl (C=O) groups is 1. The van der Waals surface area contributed by atoms with Crippen LogP contribution in [0.4, 0.5) is 5.69 Å². The van der Waals surface area contributed by atoms with Crippen LogP contribution in [0.1, 0.15) is 32.3 Å². The number of nitrogens with zero attached hydrogens (tertiary/aromatic N) is 3. The number of rotatable bonds is 7. The second-order valence-electron chi connectivity index (χ2n) is 5.54. The monoisotopic (exact) mass is 302 g/mol. The van der Waals surface area contributed by atoms with Gasteiger partial charge in [0, 0.05) is 18.8 Å². The van der Waals surface area contributed by atoms with Gasteiger partial charge in [0.05, 0.1) is 12.8 Å². The molecule has 120 valence electrons. The van der Waals surface area contributed by atoms with Gasteiger partial charge in [-0.3, -0.25) is 9.69 Å². The maximum atomic E-state index is 11.7. The molecule has 5 nitrogen and oxygen atoms in total. The first-order valence-corrected chi connectivity index (χ1v) is 8.12. The smallest absolute Gasteiger partial charge is 0.254 e. The average molecular weight is 302 g/mol. The molecule has 5 heteroatoms. The molecular weight excluding hydrogens is 276 g/mol. The van der Waals surface area contributed by atoms with Gasteiger partial charge in [-0.05, 0) is 57.5 Å². The van der Waals surface area contributed by atoms with Gasteiger partial charge in [-0.2, -0.15) is 5.10 Å². The molecule has 0 unspecified atom stereocenters. The van der Waals surface area contributed by atoms with E-state index < -0.39 is 0 Å². The number of hydrazone groups is 1. The standard InChI is InChI=1S/C17H26N4O/c1-3-21(4-2)16-9-7-15(8-10-16)13-18-19-17(22)14-20-11-5-6-12-20/h7-10,13H,3-6,11-12,14H2,1-2H3,(H,19,22). The molecular formula is C17H26N4O. The SMILES string of the molecule is CCN(CC)c1ccc(C=NNC(=O)CN2CCCC2)cc1. The van der Waals surface area contributed by atoms with Gasteiger partial charge in [0.15, 0.2) is 0 Å². The van der Waals surface area contributed by atoms with E-state index in [-0.39, 0.29) is 5.91 Å². The van der Waals surface area contributed by atoms with Crippen LogP contribution < -0.4 is 10.3 Å². The molecule has 0 spiro atoms. The zero-order chi connectivity index (χ0) is 15.8. The normalized spacial score (nSPS) is 15.4. The maximum Gasteiger partial charge on any atom is 0.254 e. The van der Waals surface area contributed by atoms with Crippen LogP contribution in [0.15, 0.2) is 29.4 Å². The highest BCUT2D eigenvalue weighted by molar-refractivity contribution is 5.83. The highest BCUT2D eigenvalue weighted by Gasteiger charge is 2.14. The van der Waals surface area contributed by atoms with Gasteiger partial charge in [0.1, 0.15) is 0 Å². The number of nitrogens with one attached hydrogen (secondary N) is 1. The third-order valence-corrected chi connectivity index (χ3v) is 3.99. The number of anilines is 1. The number of likely N-dealkylation sites (tertiary alicyclic amines) is 1. The van der Waals surface area contributed by atoms with Gasteiger partial charge in [0.25, 0.3) is 5.91 Å². The molecule has 1 fully saturated rings. The van der Waals surface area contributed by atoms with E-state index in [1.54, 1.807) is 6.21 Å². The Hall–Kier alpha value is -1.88. The molecule has 2 rings (SSSR count). The predicted molar refractivity (Wildman–Crippen MR) is 91.4 cm³/mol. The van der Waals surface area contributed by atoms with E-state index in [1.807, 2.05) is 12.1 Å². The maximum absolute atomic E-state index is 11.7. The quantitative estimate of drug-likeness (QED) is 0.620. The Morgan fingerprint density at radius 3 is 2.45 bits per heavy atom. The van der Waals surface area contributed by atoms with Crippen LogP contribution in [0.2, 0.25) is 0 Å². The Bertz CT molecular complexity index is 488. The Morgan fingerprint density at radius 2 is 1.86 bits per heavy atom. The summed E-state index contributed by atoms with van der Waals surface area (Å²) in [5, 5.41) is 4.03. The first kappa shape index (κ1) is 16.5. The molecule has 0 bridgehead atoms. The molecule has 0 saturated carbocycles. The first-order valence-electron chi connectivity index (χ1n) is 8.12. The van der Waals surface area contributed by atoms with Crippen molar-refractivity contribution in [3.8, 4) is 0 Å². The fourth-order valence-corrected chi connectivity index (χ4v) is 2.72. The minimum absolute atomic E-state index is 0.0436. The number of hydrogen-bond acceptors (Lipinski definition) is 4. The fraction of sp³-hybridized carbons (Fsp3) is 0.529. The third kappa shape index (κ3) is 4.84. The van der Waals surface area contributed by atoms with E-state index in [1.165, 1.54) is 18.5 Å². The van der Waals surface area contributed by atoms with Crippen LogP contribution in [-0.4, -0.2) is 49.7 Å². The van der Waals surface area contributed by atoms with Gasteiger partial charge in [-0.15, -0.1) is 0 Å². The van der Waals surface area contributed by atoms with Crippen LogP contribution in [0.25, 0.3) is 0 Å². The summed E-state index contributed by atoms with van der Waals surface area (Å²) in [6.45, 7) is 8.77. The van der Waals surface area contributed by atoms with Gasteiger partial charge in [-0.1, -0.05) is 12.1 Å². The van der Waals surface area contributed by atoms with Gasteiger partial charge >= 0.3 is 0 Å². The molecule has 1 heterocycles. The topological polar surface area (TPSA) is 47.9 Å². The van der Waals surface area contributed by atoms with Crippen molar-refractivity contribution in [2.24, 2.45) is 5.10 Å². The van der Waals surface area contributed by atoms with Crippen molar-refractivity contribution in [1.82, 2.24) is 10.3 Å². The molecule has 1 amide bonds. The molecule has 0 radical (unpaired) electrons. The van der Waals surface area contributed by atoms with Crippen molar-refractivity contribution in [3.05, 3.63) is 29.8 Å². The summed E-state index contributed by atoms with van der Waals surface area (Å²) >= 11 is 0. The van der Waals surface area contributed by atoms with Gasteiger partial charge < -0.3 is 4.90 Å². The number of benzene rings is 1. The van der Waals surface area contributed by atoms with E-state index in [0.29, 0.717) is 6.54 Å². The summed E-state index contributed by atoms with van der Waals surface area (Å²) < 4.78 is 0. The Balaban J connectivity index is 1.81. The van der Waals surface area contributed by atoms with E-state index in [2.05, 4.69) is 46.3 Å². The molecule has 0 aromatic heterocycles. The minimum Gasteiger partial charge on any atom is -0.372 e. The zero-order valence-electron chi connectivity index (χ0n) is 13.6. The largest absolute Gasteiger partial charge is 0.372 e. The van der Waals surface area contributed by atoms with Crippen LogP contribution in [-0.2, 0) is 4.79 Å². The number of hydrogen-bond donors (Lipinski definition) is 1.